The molecule has 0 bridgehead atoms. The van der Waals surface area contributed by atoms with Gasteiger partial charge in [0, 0.05) is 29.7 Å². The predicted octanol–water partition coefficient (Wildman–Crippen LogP) is 2.18. The topological polar surface area (TPSA) is 115 Å². The molecule has 0 aliphatic rings. The number of amides is 1. The number of methoxy groups -OCH3 is 1. The second-order valence-corrected chi connectivity index (χ2v) is 5.65. The molecule has 9 nitrogen and oxygen atoms in total. The molecule has 0 saturated heterocycles. The van der Waals surface area contributed by atoms with Crippen LogP contribution in [0.5, 0.6) is 0 Å². The van der Waals surface area contributed by atoms with E-state index < -0.39 is 5.97 Å². The number of H-pyrrole nitrogens is 1. The van der Waals surface area contributed by atoms with Crippen LogP contribution in [0.1, 0.15) is 20.8 Å². The Kier molecular flexibility index (Phi) is 4.09. The monoisotopic (exact) mass is 362 g/mol. The van der Waals surface area contributed by atoms with E-state index in [1.807, 2.05) is 0 Å². The molecule has 0 aliphatic heterocycles. The van der Waals surface area contributed by atoms with E-state index in [0.717, 1.165) is 0 Å². The summed E-state index contributed by atoms with van der Waals surface area (Å²) in [4.78, 5) is 32.5. The molecule has 3 heterocycles. The Morgan fingerprint density at radius 1 is 1.22 bits per heavy atom. The predicted molar refractivity (Wildman–Crippen MR) is 96.7 cm³/mol. The lowest BCUT2D eigenvalue weighted by atomic mass is 10.1. The number of nitrogens with one attached hydrogen (secondary N) is 2. The van der Waals surface area contributed by atoms with Crippen LogP contribution in [0.2, 0.25) is 0 Å². The minimum absolute atomic E-state index is 0.162. The highest BCUT2D eigenvalue weighted by Crippen LogP contribution is 2.21. The summed E-state index contributed by atoms with van der Waals surface area (Å²) >= 11 is 0. The maximum absolute atomic E-state index is 12.5. The average molecular weight is 362 g/mol. The van der Waals surface area contributed by atoms with Gasteiger partial charge >= 0.3 is 5.97 Å². The van der Waals surface area contributed by atoms with Gasteiger partial charge in [0.15, 0.2) is 5.69 Å². The first kappa shape index (κ1) is 16.5. The Morgan fingerprint density at radius 3 is 2.81 bits per heavy atom. The van der Waals surface area contributed by atoms with E-state index in [0.29, 0.717) is 28.0 Å². The number of carbonyl (C=O) groups is 2. The van der Waals surface area contributed by atoms with Gasteiger partial charge in [0.25, 0.3) is 5.91 Å². The number of ether oxygens (including phenoxy) is 1. The number of fused-ring (bicyclic) bond motifs is 1. The van der Waals surface area contributed by atoms with E-state index in [1.54, 1.807) is 53.6 Å². The fraction of sp³-hybridized carbons (Fsp3) is 0.0556. The molecule has 1 aromatic carbocycles. The van der Waals surface area contributed by atoms with Gasteiger partial charge in [-0.05, 0) is 30.3 Å². The highest BCUT2D eigenvalue weighted by atomic mass is 16.5. The molecule has 3 aromatic heterocycles. The maximum atomic E-state index is 12.5. The lowest BCUT2D eigenvalue weighted by molar-refractivity contribution is 0.0596. The molecule has 0 atom stereocenters. The first-order valence-corrected chi connectivity index (χ1v) is 7.98. The van der Waals surface area contributed by atoms with Crippen LogP contribution in [-0.4, -0.2) is 43.7 Å². The van der Waals surface area contributed by atoms with E-state index >= 15 is 0 Å². The minimum Gasteiger partial charge on any atom is -0.464 e. The number of hydrogen-bond acceptors (Lipinski definition) is 6. The molecule has 1 amide bonds. The Labute approximate surface area is 153 Å². The van der Waals surface area contributed by atoms with Crippen molar-refractivity contribution in [1.29, 1.82) is 0 Å². The van der Waals surface area contributed by atoms with Crippen LogP contribution in [0.15, 0.2) is 55.2 Å². The van der Waals surface area contributed by atoms with Crippen LogP contribution >= 0.6 is 0 Å². The van der Waals surface area contributed by atoms with Crippen molar-refractivity contribution < 1.29 is 14.3 Å². The molecule has 0 radical (unpaired) electrons. The second kappa shape index (κ2) is 6.71. The van der Waals surface area contributed by atoms with E-state index in [9.17, 15) is 9.59 Å². The molecule has 4 aromatic rings. The molecule has 2 N–H and O–H groups in total. The fourth-order valence-corrected chi connectivity index (χ4v) is 2.62. The molecule has 0 spiro atoms. The van der Waals surface area contributed by atoms with E-state index in [-0.39, 0.29) is 11.6 Å². The third kappa shape index (κ3) is 3.13. The molecular formula is C18H14N6O3. The molecule has 0 aliphatic carbocycles. The van der Waals surface area contributed by atoms with Crippen molar-refractivity contribution in [3.63, 3.8) is 0 Å². The van der Waals surface area contributed by atoms with Gasteiger partial charge in [-0.15, -0.1) is 0 Å². The van der Waals surface area contributed by atoms with Gasteiger partial charge in [-0.25, -0.2) is 14.8 Å². The minimum atomic E-state index is -0.552. The number of hydrogen-bond donors (Lipinski definition) is 2. The zero-order valence-electron chi connectivity index (χ0n) is 14.2. The Bertz CT molecular complexity index is 1120. The molecule has 9 heteroatoms. The SMILES string of the molecule is COC(=O)c1n[nH]c2ccc(NC(=O)c3ccc(-n4ccnc4)nc3)cc12. The highest BCUT2D eigenvalue weighted by Gasteiger charge is 2.15. The van der Waals surface area contributed by atoms with Crippen LogP contribution in [0.3, 0.4) is 0 Å². The standard InChI is InChI=1S/C18H14N6O3/c1-27-18(26)16-13-8-12(3-4-14(13)22-23-16)21-17(25)11-2-5-15(20-9-11)24-7-6-19-10-24/h2-10H,1H3,(H,21,25)(H,22,23). The third-order valence-electron chi connectivity index (χ3n) is 3.98. The molecule has 4 rings (SSSR count). The Balaban J connectivity index is 1.56. The van der Waals surface area contributed by atoms with Gasteiger partial charge in [0.1, 0.15) is 12.1 Å². The molecular weight excluding hydrogens is 348 g/mol. The summed E-state index contributed by atoms with van der Waals surface area (Å²) in [6.45, 7) is 0. The van der Waals surface area contributed by atoms with Gasteiger partial charge in [-0.1, -0.05) is 0 Å². The first-order chi connectivity index (χ1) is 13.2. The molecule has 27 heavy (non-hydrogen) atoms. The number of pyridine rings is 1. The fourth-order valence-electron chi connectivity index (χ4n) is 2.62. The van der Waals surface area contributed by atoms with E-state index in [1.165, 1.54) is 13.3 Å². The van der Waals surface area contributed by atoms with Crippen LogP contribution in [0.4, 0.5) is 5.69 Å². The van der Waals surface area contributed by atoms with Gasteiger partial charge in [0.2, 0.25) is 0 Å². The zero-order chi connectivity index (χ0) is 18.8. The van der Waals surface area contributed by atoms with Gasteiger partial charge < -0.3 is 10.1 Å². The number of rotatable bonds is 4. The lowest BCUT2D eigenvalue weighted by Crippen LogP contribution is -2.12. The van der Waals surface area contributed by atoms with Crippen molar-refractivity contribution in [3.05, 3.63) is 66.5 Å². The van der Waals surface area contributed by atoms with Crippen molar-refractivity contribution >= 4 is 28.5 Å². The largest absolute Gasteiger partial charge is 0.464 e. The van der Waals surface area contributed by atoms with Crippen LogP contribution in [-0.2, 0) is 4.74 Å². The normalized spacial score (nSPS) is 10.7. The number of nitrogens with zero attached hydrogens (tertiary/aromatic N) is 4. The first-order valence-electron chi connectivity index (χ1n) is 7.98. The van der Waals surface area contributed by atoms with Crippen LogP contribution in [0.25, 0.3) is 16.7 Å². The second-order valence-electron chi connectivity index (χ2n) is 5.65. The molecule has 0 saturated carbocycles. The van der Waals surface area contributed by atoms with E-state index in [4.69, 9.17) is 4.74 Å². The highest BCUT2D eigenvalue weighted by molar-refractivity contribution is 6.07. The summed E-state index contributed by atoms with van der Waals surface area (Å²) in [7, 11) is 1.29. The van der Waals surface area contributed by atoms with E-state index in [2.05, 4.69) is 25.5 Å². The Hall–Kier alpha value is -4.01. The quantitative estimate of drug-likeness (QED) is 0.538. The number of benzene rings is 1. The molecule has 0 fully saturated rings. The summed E-state index contributed by atoms with van der Waals surface area (Å²) < 4.78 is 6.45. The molecule has 0 unspecified atom stereocenters. The van der Waals surface area contributed by atoms with Crippen molar-refractivity contribution in [2.45, 2.75) is 0 Å². The van der Waals surface area contributed by atoms with Gasteiger partial charge in [-0.3, -0.25) is 14.5 Å². The third-order valence-corrected chi connectivity index (χ3v) is 3.98. The summed E-state index contributed by atoms with van der Waals surface area (Å²) in [5.74, 6) is -0.210. The Morgan fingerprint density at radius 2 is 2.11 bits per heavy atom. The summed E-state index contributed by atoms with van der Waals surface area (Å²) in [6, 6.07) is 8.51. The number of imidazole rings is 1. The smallest absolute Gasteiger partial charge is 0.359 e. The number of esters is 1. The van der Waals surface area contributed by atoms with Crippen molar-refractivity contribution in [2.24, 2.45) is 0 Å². The maximum Gasteiger partial charge on any atom is 0.359 e. The van der Waals surface area contributed by atoms with Crippen LogP contribution in [0, 0.1) is 0 Å². The number of carbonyl (C=O) groups excluding carboxylic acids is 2. The van der Waals surface area contributed by atoms with Crippen molar-refractivity contribution in [1.82, 2.24) is 24.7 Å². The van der Waals surface area contributed by atoms with Gasteiger partial charge in [-0.2, -0.15) is 5.10 Å². The summed E-state index contributed by atoms with van der Waals surface area (Å²) in [5, 5.41) is 10.1. The van der Waals surface area contributed by atoms with Crippen molar-refractivity contribution in [2.75, 3.05) is 12.4 Å². The number of aromatic nitrogens is 5. The lowest BCUT2D eigenvalue weighted by Gasteiger charge is -2.06. The average Bonchev–Trinajstić information content (AvgIpc) is 3.37. The zero-order valence-corrected chi connectivity index (χ0v) is 14.2. The number of aromatic amines is 1. The summed E-state index contributed by atoms with van der Waals surface area (Å²) in [6.07, 6.45) is 6.53. The van der Waals surface area contributed by atoms with Crippen molar-refractivity contribution in [3.8, 4) is 5.82 Å². The molecule has 134 valence electrons. The number of anilines is 1. The van der Waals surface area contributed by atoms with Crippen LogP contribution < -0.4 is 5.32 Å². The summed E-state index contributed by atoms with van der Waals surface area (Å²) in [5.41, 5.74) is 1.76. The van der Waals surface area contributed by atoms with Gasteiger partial charge in [0.05, 0.1) is 18.2 Å².